The van der Waals surface area contributed by atoms with E-state index in [1.54, 1.807) is 29.2 Å². The Bertz CT molecular complexity index is 712. The zero-order chi connectivity index (χ0) is 15.9. The van der Waals surface area contributed by atoms with Crippen LogP contribution in [0.15, 0.2) is 64.0 Å². The molecule has 0 aliphatic carbocycles. The Balaban J connectivity index is 1.64. The van der Waals surface area contributed by atoms with Crippen molar-refractivity contribution in [3.8, 4) is 0 Å². The van der Waals surface area contributed by atoms with Crippen LogP contribution >= 0.6 is 11.3 Å². The number of para-hydroxylation sites is 1. The first kappa shape index (κ1) is 15.3. The maximum absolute atomic E-state index is 12.2. The fourth-order valence-corrected chi connectivity index (χ4v) is 2.77. The molecule has 6 heteroatoms. The molecule has 1 aromatic carbocycles. The van der Waals surface area contributed by atoms with Gasteiger partial charge in [0.2, 0.25) is 5.91 Å². The number of amides is 1. The highest BCUT2D eigenvalue weighted by atomic mass is 32.1. The summed E-state index contributed by atoms with van der Waals surface area (Å²) in [5.41, 5.74) is 3.75. The summed E-state index contributed by atoms with van der Waals surface area (Å²) in [5.74, 6) is 0.685. The van der Waals surface area contributed by atoms with Gasteiger partial charge in [-0.05, 0) is 24.3 Å². The number of furan rings is 1. The van der Waals surface area contributed by atoms with Crippen LogP contribution in [0.1, 0.15) is 11.5 Å². The molecule has 0 fully saturated rings. The standard InChI is InChI=1S/C17H17N3O2S/c21-17(18-9-16-7-4-8-22-16)11-20(10-14-12-23-13-19-14)15-5-2-1-3-6-15/h1-8,12-13H,9-11H2,(H,18,21). The first-order valence-electron chi connectivity index (χ1n) is 7.27. The van der Waals surface area contributed by atoms with E-state index in [0.29, 0.717) is 13.1 Å². The minimum Gasteiger partial charge on any atom is -0.467 e. The van der Waals surface area contributed by atoms with Crippen LogP contribution in [-0.2, 0) is 17.9 Å². The normalized spacial score (nSPS) is 10.4. The van der Waals surface area contributed by atoms with E-state index in [9.17, 15) is 4.79 Å². The fourth-order valence-electron chi connectivity index (χ4n) is 2.22. The molecular formula is C17H17N3O2S. The van der Waals surface area contributed by atoms with Gasteiger partial charge in [0.05, 0.1) is 37.1 Å². The smallest absolute Gasteiger partial charge is 0.239 e. The Labute approximate surface area is 138 Å². The average molecular weight is 327 g/mol. The number of carbonyl (C=O) groups excluding carboxylic acids is 1. The largest absolute Gasteiger partial charge is 0.467 e. The Morgan fingerprint density at radius 3 is 2.78 bits per heavy atom. The summed E-state index contributed by atoms with van der Waals surface area (Å²) in [5, 5.41) is 4.87. The molecule has 0 unspecified atom stereocenters. The molecule has 3 rings (SSSR count). The van der Waals surface area contributed by atoms with Crippen molar-refractivity contribution in [3.63, 3.8) is 0 Å². The fraction of sp³-hybridized carbons (Fsp3) is 0.176. The lowest BCUT2D eigenvalue weighted by Crippen LogP contribution is -2.36. The van der Waals surface area contributed by atoms with Crippen LogP contribution in [0.3, 0.4) is 0 Å². The molecule has 0 spiro atoms. The molecule has 0 aliphatic rings. The third kappa shape index (κ3) is 4.43. The summed E-state index contributed by atoms with van der Waals surface area (Å²) in [6, 6.07) is 13.5. The van der Waals surface area contributed by atoms with E-state index in [0.717, 1.165) is 17.1 Å². The van der Waals surface area contributed by atoms with Gasteiger partial charge in [-0.1, -0.05) is 18.2 Å². The van der Waals surface area contributed by atoms with Crippen molar-refractivity contribution < 1.29 is 9.21 Å². The van der Waals surface area contributed by atoms with Crippen molar-refractivity contribution in [1.82, 2.24) is 10.3 Å². The molecule has 0 aliphatic heterocycles. The third-order valence-electron chi connectivity index (χ3n) is 3.33. The molecule has 3 aromatic rings. The summed E-state index contributed by atoms with van der Waals surface area (Å²) in [4.78, 5) is 18.6. The van der Waals surface area contributed by atoms with Crippen molar-refractivity contribution in [1.29, 1.82) is 0 Å². The SMILES string of the molecule is O=C(CN(Cc1cscn1)c1ccccc1)NCc1ccco1. The minimum atomic E-state index is -0.0551. The van der Waals surface area contributed by atoms with Crippen molar-refractivity contribution in [3.05, 3.63) is 71.1 Å². The van der Waals surface area contributed by atoms with Crippen molar-refractivity contribution in [2.75, 3.05) is 11.4 Å². The van der Waals surface area contributed by atoms with E-state index in [4.69, 9.17) is 4.42 Å². The second-order valence-corrected chi connectivity index (χ2v) is 5.75. The molecule has 5 nitrogen and oxygen atoms in total. The Kier molecular flexibility index (Phi) is 5.06. The van der Waals surface area contributed by atoms with Gasteiger partial charge in [-0.15, -0.1) is 11.3 Å². The number of nitrogens with zero attached hydrogens (tertiary/aromatic N) is 2. The lowest BCUT2D eigenvalue weighted by Gasteiger charge is -2.23. The summed E-state index contributed by atoms with van der Waals surface area (Å²) >= 11 is 1.55. The van der Waals surface area contributed by atoms with Crippen LogP contribution in [0.25, 0.3) is 0 Å². The Hall–Kier alpha value is -2.60. The quantitative estimate of drug-likeness (QED) is 0.724. The molecule has 0 bridgehead atoms. The van der Waals surface area contributed by atoms with Gasteiger partial charge in [-0.3, -0.25) is 4.79 Å². The number of benzene rings is 1. The predicted octanol–water partition coefficient (Wildman–Crippen LogP) is 3.06. The lowest BCUT2D eigenvalue weighted by atomic mass is 10.2. The van der Waals surface area contributed by atoms with Crippen LogP contribution in [0.5, 0.6) is 0 Å². The second-order valence-electron chi connectivity index (χ2n) is 5.03. The number of nitrogens with one attached hydrogen (secondary N) is 1. The first-order chi connectivity index (χ1) is 11.3. The monoisotopic (exact) mass is 327 g/mol. The van der Waals surface area contributed by atoms with E-state index in [1.165, 1.54) is 0 Å². The number of anilines is 1. The van der Waals surface area contributed by atoms with E-state index in [1.807, 2.05) is 46.7 Å². The zero-order valence-corrected chi connectivity index (χ0v) is 13.3. The molecule has 0 atom stereocenters. The number of hydrogen-bond donors (Lipinski definition) is 1. The molecule has 118 valence electrons. The molecule has 0 radical (unpaired) electrons. The highest BCUT2D eigenvalue weighted by Crippen LogP contribution is 2.16. The second kappa shape index (κ2) is 7.60. The number of rotatable bonds is 7. The van der Waals surface area contributed by atoms with Gasteiger partial charge in [0.1, 0.15) is 5.76 Å². The average Bonchev–Trinajstić information content (AvgIpc) is 3.27. The first-order valence-corrected chi connectivity index (χ1v) is 8.21. The van der Waals surface area contributed by atoms with E-state index in [2.05, 4.69) is 10.3 Å². The van der Waals surface area contributed by atoms with Crippen molar-refractivity contribution in [2.45, 2.75) is 13.1 Å². The summed E-state index contributed by atoms with van der Waals surface area (Å²) in [6.45, 7) is 1.26. The zero-order valence-electron chi connectivity index (χ0n) is 12.5. The van der Waals surface area contributed by atoms with E-state index < -0.39 is 0 Å². The maximum atomic E-state index is 12.2. The summed E-state index contributed by atoms with van der Waals surface area (Å²) in [6.07, 6.45) is 1.60. The number of carbonyl (C=O) groups is 1. The molecule has 1 amide bonds. The maximum Gasteiger partial charge on any atom is 0.239 e. The minimum absolute atomic E-state index is 0.0551. The number of aromatic nitrogens is 1. The predicted molar refractivity (Wildman–Crippen MR) is 90.2 cm³/mol. The van der Waals surface area contributed by atoms with Crippen LogP contribution in [-0.4, -0.2) is 17.4 Å². The molecule has 23 heavy (non-hydrogen) atoms. The lowest BCUT2D eigenvalue weighted by molar-refractivity contribution is -0.120. The highest BCUT2D eigenvalue weighted by molar-refractivity contribution is 7.07. The van der Waals surface area contributed by atoms with Crippen LogP contribution in [0.4, 0.5) is 5.69 Å². The van der Waals surface area contributed by atoms with Gasteiger partial charge in [0, 0.05) is 11.1 Å². The van der Waals surface area contributed by atoms with Gasteiger partial charge in [-0.25, -0.2) is 4.98 Å². The Morgan fingerprint density at radius 2 is 2.09 bits per heavy atom. The van der Waals surface area contributed by atoms with E-state index >= 15 is 0 Å². The van der Waals surface area contributed by atoms with Gasteiger partial charge < -0.3 is 14.6 Å². The molecular weight excluding hydrogens is 310 g/mol. The molecule has 0 saturated carbocycles. The van der Waals surface area contributed by atoms with Crippen LogP contribution < -0.4 is 10.2 Å². The Morgan fingerprint density at radius 1 is 1.22 bits per heavy atom. The van der Waals surface area contributed by atoms with Crippen molar-refractivity contribution in [2.24, 2.45) is 0 Å². The van der Waals surface area contributed by atoms with Crippen LogP contribution in [0, 0.1) is 0 Å². The summed E-state index contributed by atoms with van der Waals surface area (Å²) < 4.78 is 5.22. The molecule has 2 aromatic heterocycles. The van der Waals surface area contributed by atoms with E-state index in [-0.39, 0.29) is 12.5 Å². The number of hydrogen-bond acceptors (Lipinski definition) is 5. The molecule has 1 N–H and O–H groups in total. The van der Waals surface area contributed by atoms with Crippen molar-refractivity contribution >= 4 is 22.9 Å². The summed E-state index contributed by atoms with van der Waals surface area (Å²) in [7, 11) is 0. The van der Waals surface area contributed by atoms with Gasteiger partial charge in [0.25, 0.3) is 0 Å². The molecule has 0 saturated heterocycles. The van der Waals surface area contributed by atoms with Gasteiger partial charge in [0.15, 0.2) is 0 Å². The van der Waals surface area contributed by atoms with Gasteiger partial charge >= 0.3 is 0 Å². The topological polar surface area (TPSA) is 58.4 Å². The van der Waals surface area contributed by atoms with Gasteiger partial charge in [-0.2, -0.15) is 0 Å². The third-order valence-corrected chi connectivity index (χ3v) is 3.97. The molecule has 2 heterocycles. The highest BCUT2D eigenvalue weighted by Gasteiger charge is 2.13. The number of thiazole rings is 1. The van der Waals surface area contributed by atoms with Crippen LogP contribution in [0.2, 0.25) is 0 Å².